The van der Waals surface area contributed by atoms with E-state index >= 15 is 0 Å². The Hall–Kier alpha value is -1.08. The number of hydrogen-bond acceptors (Lipinski definition) is 3. The van der Waals surface area contributed by atoms with Gasteiger partial charge in [0.15, 0.2) is 0 Å². The first-order valence-corrected chi connectivity index (χ1v) is 9.49. The second kappa shape index (κ2) is 9.27. The van der Waals surface area contributed by atoms with Gasteiger partial charge in [-0.25, -0.2) is 4.79 Å². The van der Waals surface area contributed by atoms with Crippen molar-refractivity contribution in [1.82, 2.24) is 10.6 Å². The molecule has 0 aliphatic rings. The van der Waals surface area contributed by atoms with Crippen LogP contribution in [0.2, 0.25) is 0 Å². The molecule has 128 valence electrons. The molecule has 7 heteroatoms. The highest BCUT2D eigenvalue weighted by atomic mass is 79.9. The van der Waals surface area contributed by atoms with Gasteiger partial charge in [-0.1, -0.05) is 37.9 Å². The van der Waals surface area contributed by atoms with Crippen LogP contribution in [0.5, 0.6) is 0 Å². The number of ether oxygens (including phenoxy) is 1. The van der Waals surface area contributed by atoms with Crippen LogP contribution in [0.15, 0.2) is 18.2 Å². The first-order valence-electron chi connectivity index (χ1n) is 7.25. The van der Waals surface area contributed by atoms with Crippen molar-refractivity contribution in [2.24, 2.45) is 0 Å². The van der Waals surface area contributed by atoms with E-state index in [1.165, 1.54) is 0 Å². The minimum atomic E-state index is -0.532. The van der Waals surface area contributed by atoms with Gasteiger partial charge in [0, 0.05) is 29.3 Å². The van der Waals surface area contributed by atoms with Crippen molar-refractivity contribution in [3.63, 3.8) is 0 Å². The molecule has 2 amide bonds. The highest BCUT2D eigenvalue weighted by Crippen LogP contribution is 2.15. The van der Waals surface area contributed by atoms with Crippen LogP contribution in [0.25, 0.3) is 0 Å². The Balaban J connectivity index is 2.47. The quantitative estimate of drug-likeness (QED) is 0.513. The van der Waals surface area contributed by atoms with Crippen LogP contribution >= 0.6 is 31.9 Å². The summed E-state index contributed by atoms with van der Waals surface area (Å²) < 4.78 is 5.12. The van der Waals surface area contributed by atoms with Gasteiger partial charge in [0.05, 0.1) is 0 Å². The SMILES string of the molecule is CC(C)(C)OC(=O)NCCNC(=O)c1cc(CBr)cc(CBr)c1. The third-order valence-corrected chi connectivity index (χ3v) is 4.00. The summed E-state index contributed by atoms with van der Waals surface area (Å²) in [5.41, 5.74) is 2.15. The van der Waals surface area contributed by atoms with Gasteiger partial charge in [-0.3, -0.25) is 4.79 Å². The maximum Gasteiger partial charge on any atom is 0.407 e. The molecule has 1 rings (SSSR count). The molecule has 0 aliphatic carbocycles. The Kier molecular flexibility index (Phi) is 8.05. The Bertz CT molecular complexity index is 534. The molecule has 0 atom stereocenters. The van der Waals surface area contributed by atoms with Gasteiger partial charge in [-0.2, -0.15) is 0 Å². The summed E-state index contributed by atoms with van der Waals surface area (Å²) in [6, 6.07) is 5.72. The average molecular weight is 450 g/mol. The molecule has 5 nitrogen and oxygen atoms in total. The lowest BCUT2D eigenvalue weighted by atomic mass is 10.1. The predicted molar refractivity (Wildman–Crippen MR) is 98.3 cm³/mol. The van der Waals surface area contributed by atoms with Crippen LogP contribution in [-0.4, -0.2) is 30.7 Å². The minimum absolute atomic E-state index is 0.166. The summed E-state index contributed by atoms with van der Waals surface area (Å²) in [7, 11) is 0. The van der Waals surface area contributed by atoms with Crippen LogP contribution in [0.3, 0.4) is 0 Å². The lowest BCUT2D eigenvalue weighted by Crippen LogP contribution is -2.37. The number of amides is 2. The zero-order valence-electron chi connectivity index (χ0n) is 13.5. The zero-order chi connectivity index (χ0) is 17.5. The number of carbonyl (C=O) groups is 2. The van der Waals surface area contributed by atoms with Crippen LogP contribution in [-0.2, 0) is 15.4 Å². The minimum Gasteiger partial charge on any atom is -0.444 e. The van der Waals surface area contributed by atoms with Crippen molar-refractivity contribution < 1.29 is 14.3 Å². The third-order valence-electron chi connectivity index (χ3n) is 2.70. The lowest BCUT2D eigenvalue weighted by Gasteiger charge is -2.19. The second-order valence-corrected chi connectivity index (χ2v) is 7.11. The van der Waals surface area contributed by atoms with Crippen molar-refractivity contribution in [3.05, 3.63) is 34.9 Å². The monoisotopic (exact) mass is 448 g/mol. The molecule has 0 bridgehead atoms. The Morgan fingerprint density at radius 3 is 2.00 bits per heavy atom. The van der Waals surface area contributed by atoms with E-state index in [4.69, 9.17) is 4.74 Å². The Morgan fingerprint density at radius 1 is 1.00 bits per heavy atom. The molecular weight excluding hydrogens is 428 g/mol. The molecule has 1 aromatic carbocycles. The molecular formula is C16H22Br2N2O3. The van der Waals surface area contributed by atoms with Gasteiger partial charge in [0.1, 0.15) is 5.60 Å². The van der Waals surface area contributed by atoms with E-state index in [-0.39, 0.29) is 5.91 Å². The summed E-state index contributed by atoms with van der Waals surface area (Å²) >= 11 is 6.80. The van der Waals surface area contributed by atoms with Crippen molar-refractivity contribution in [3.8, 4) is 0 Å². The largest absolute Gasteiger partial charge is 0.444 e. The van der Waals surface area contributed by atoms with Gasteiger partial charge in [0.25, 0.3) is 5.91 Å². The number of benzene rings is 1. The number of alkyl carbamates (subject to hydrolysis) is 1. The van der Waals surface area contributed by atoms with Crippen LogP contribution in [0.4, 0.5) is 4.79 Å². The number of nitrogens with one attached hydrogen (secondary N) is 2. The molecule has 0 saturated heterocycles. The maximum absolute atomic E-state index is 12.2. The molecule has 0 heterocycles. The van der Waals surface area contributed by atoms with Crippen molar-refractivity contribution in [2.45, 2.75) is 37.0 Å². The number of hydrogen-bond donors (Lipinski definition) is 2. The van der Waals surface area contributed by atoms with Gasteiger partial charge in [-0.05, 0) is 44.0 Å². The van der Waals surface area contributed by atoms with E-state index in [0.717, 1.165) is 11.1 Å². The summed E-state index contributed by atoms with van der Waals surface area (Å²) in [5.74, 6) is -0.166. The van der Waals surface area contributed by atoms with Gasteiger partial charge in [0.2, 0.25) is 0 Å². The van der Waals surface area contributed by atoms with Crippen LogP contribution in [0.1, 0.15) is 42.3 Å². The first-order chi connectivity index (χ1) is 10.7. The maximum atomic E-state index is 12.2. The molecule has 1 aromatic rings. The summed E-state index contributed by atoms with van der Waals surface area (Å²) in [6.07, 6.45) is -0.491. The van der Waals surface area contributed by atoms with Gasteiger partial charge < -0.3 is 15.4 Å². The molecule has 0 saturated carbocycles. The number of halogens is 2. The number of alkyl halides is 2. The summed E-state index contributed by atoms with van der Waals surface area (Å²) in [4.78, 5) is 23.7. The van der Waals surface area contributed by atoms with Gasteiger partial charge >= 0.3 is 6.09 Å². The molecule has 2 N–H and O–H groups in total. The fourth-order valence-corrected chi connectivity index (χ4v) is 2.45. The van der Waals surface area contributed by atoms with E-state index in [2.05, 4.69) is 42.5 Å². The number of carbonyl (C=O) groups excluding carboxylic acids is 2. The highest BCUT2D eigenvalue weighted by Gasteiger charge is 2.15. The number of rotatable bonds is 6. The second-order valence-electron chi connectivity index (χ2n) is 5.99. The van der Waals surface area contributed by atoms with E-state index in [0.29, 0.717) is 29.3 Å². The Labute approximate surface area is 153 Å². The molecule has 0 unspecified atom stereocenters. The van der Waals surface area contributed by atoms with Crippen molar-refractivity contribution in [2.75, 3.05) is 13.1 Å². The fourth-order valence-electron chi connectivity index (χ4n) is 1.80. The van der Waals surface area contributed by atoms with Crippen LogP contribution in [0, 0.1) is 0 Å². The third kappa shape index (κ3) is 7.83. The summed E-state index contributed by atoms with van der Waals surface area (Å²) in [6.45, 7) is 6.04. The van der Waals surface area contributed by atoms with Crippen LogP contribution < -0.4 is 10.6 Å². The molecule has 0 fully saturated rings. The molecule has 0 spiro atoms. The highest BCUT2D eigenvalue weighted by molar-refractivity contribution is 9.08. The topological polar surface area (TPSA) is 67.4 Å². The van der Waals surface area contributed by atoms with E-state index in [1.54, 1.807) is 20.8 Å². The average Bonchev–Trinajstić information content (AvgIpc) is 2.48. The summed E-state index contributed by atoms with van der Waals surface area (Å²) in [5, 5.41) is 6.76. The van der Waals surface area contributed by atoms with Gasteiger partial charge in [-0.15, -0.1) is 0 Å². The predicted octanol–water partition coefficient (Wildman–Crippen LogP) is 3.73. The zero-order valence-corrected chi connectivity index (χ0v) is 16.7. The molecule has 0 aromatic heterocycles. The smallest absolute Gasteiger partial charge is 0.407 e. The lowest BCUT2D eigenvalue weighted by molar-refractivity contribution is 0.0526. The molecule has 0 radical (unpaired) electrons. The molecule has 23 heavy (non-hydrogen) atoms. The van der Waals surface area contributed by atoms with Crippen molar-refractivity contribution in [1.29, 1.82) is 0 Å². The Morgan fingerprint density at radius 2 is 1.52 bits per heavy atom. The fraction of sp³-hybridized carbons (Fsp3) is 0.500. The van der Waals surface area contributed by atoms with E-state index in [9.17, 15) is 9.59 Å². The van der Waals surface area contributed by atoms with Crippen molar-refractivity contribution >= 4 is 43.9 Å². The standard InChI is InChI=1S/C16H22Br2N2O3/c1-16(2,3)23-15(22)20-5-4-19-14(21)13-7-11(9-17)6-12(8-13)10-18/h6-8H,4-5,9-10H2,1-3H3,(H,19,21)(H,20,22). The molecule has 0 aliphatic heterocycles. The van der Waals surface area contributed by atoms with E-state index in [1.807, 2.05) is 18.2 Å². The first kappa shape index (κ1) is 20.0. The normalized spacial score (nSPS) is 11.0. The van der Waals surface area contributed by atoms with E-state index < -0.39 is 11.7 Å².